The van der Waals surface area contributed by atoms with Gasteiger partial charge < -0.3 is 29.3 Å². The summed E-state index contributed by atoms with van der Waals surface area (Å²) in [5, 5.41) is 6.49. The quantitative estimate of drug-likeness (QED) is 0.462. The molecule has 2 aromatic heterocycles. The van der Waals surface area contributed by atoms with E-state index in [-0.39, 0.29) is 11.6 Å². The standard InChI is InChI=1S/2C12H14FN3O/c2*1-8-15-10-7-11(9(13)6-12(10)17-8)16-4-2-14-3-5-16/h2*6-7,14H,2-5H2,1H3. The van der Waals surface area contributed by atoms with E-state index in [9.17, 15) is 8.78 Å². The van der Waals surface area contributed by atoms with Crippen molar-refractivity contribution in [2.75, 3.05) is 62.2 Å². The van der Waals surface area contributed by atoms with Crippen LogP contribution in [-0.4, -0.2) is 62.3 Å². The largest absolute Gasteiger partial charge is 0.441 e. The van der Waals surface area contributed by atoms with Crippen LogP contribution in [0.15, 0.2) is 33.1 Å². The number of aromatic nitrogens is 2. The van der Waals surface area contributed by atoms with E-state index in [0.29, 0.717) is 34.3 Å². The van der Waals surface area contributed by atoms with Crippen molar-refractivity contribution in [2.45, 2.75) is 13.8 Å². The summed E-state index contributed by atoms with van der Waals surface area (Å²) >= 11 is 0. The number of rotatable bonds is 2. The smallest absolute Gasteiger partial charge is 0.192 e. The molecular formula is C24H28F2N6O2. The third-order valence-corrected chi connectivity index (χ3v) is 6.04. The Labute approximate surface area is 195 Å². The average Bonchev–Trinajstić information content (AvgIpc) is 3.39. The summed E-state index contributed by atoms with van der Waals surface area (Å²) in [6.45, 7) is 10.3. The first-order valence-corrected chi connectivity index (χ1v) is 11.5. The maximum atomic E-state index is 14.0. The van der Waals surface area contributed by atoms with E-state index in [1.165, 1.54) is 12.1 Å². The molecule has 0 unspecified atom stereocenters. The number of fused-ring (bicyclic) bond motifs is 2. The number of benzene rings is 2. The van der Waals surface area contributed by atoms with Crippen molar-refractivity contribution in [1.82, 2.24) is 20.6 Å². The van der Waals surface area contributed by atoms with E-state index in [1.807, 2.05) is 9.80 Å². The molecule has 2 saturated heterocycles. The normalized spacial score (nSPS) is 16.7. The predicted molar refractivity (Wildman–Crippen MR) is 128 cm³/mol. The lowest BCUT2D eigenvalue weighted by molar-refractivity contribution is 0.550. The van der Waals surface area contributed by atoms with Crippen LogP contribution in [0.4, 0.5) is 20.2 Å². The van der Waals surface area contributed by atoms with Gasteiger partial charge in [0, 0.05) is 78.3 Å². The maximum Gasteiger partial charge on any atom is 0.192 e. The zero-order chi connectivity index (χ0) is 23.7. The zero-order valence-electron chi connectivity index (χ0n) is 19.3. The van der Waals surface area contributed by atoms with Crippen molar-refractivity contribution in [1.29, 1.82) is 0 Å². The van der Waals surface area contributed by atoms with Crippen LogP contribution < -0.4 is 20.4 Å². The summed E-state index contributed by atoms with van der Waals surface area (Å²) in [5.41, 5.74) is 3.70. The van der Waals surface area contributed by atoms with Crippen molar-refractivity contribution >= 4 is 33.6 Å². The Morgan fingerprint density at radius 2 is 1.06 bits per heavy atom. The molecule has 0 saturated carbocycles. The molecule has 8 nitrogen and oxygen atoms in total. The van der Waals surface area contributed by atoms with Gasteiger partial charge in [0.15, 0.2) is 22.9 Å². The van der Waals surface area contributed by atoms with Crippen LogP contribution in [0.25, 0.3) is 22.2 Å². The minimum atomic E-state index is -0.240. The van der Waals surface area contributed by atoms with E-state index in [0.717, 1.165) is 63.4 Å². The Balaban J connectivity index is 0.000000142. The first-order chi connectivity index (χ1) is 16.5. The van der Waals surface area contributed by atoms with Crippen LogP contribution in [0.2, 0.25) is 0 Å². The van der Waals surface area contributed by atoms with Gasteiger partial charge in [-0.05, 0) is 12.1 Å². The third-order valence-electron chi connectivity index (χ3n) is 6.04. The number of nitrogens with one attached hydrogen (secondary N) is 2. The van der Waals surface area contributed by atoms with Crippen LogP contribution in [0.1, 0.15) is 11.8 Å². The van der Waals surface area contributed by atoms with E-state index in [1.54, 1.807) is 26.0 Å². The molecular weight excluding hydrogens is 442 g/mol. The van der Waals surface area contributed by atoms with Crippen molar-refractivity contribution in [3.05, 3.63) is 47.7 Å². The second-order valence-electron chi connectivity index (χ2n) is 8.48. The van der Waals surface area contributed by atoms with E-state index >= 15 is 0 Å². The molecule has 180 valence electrons. The number of hydrogen-bond acceptors (Lipinski definition) is 8. The van der Waals surface area contributed by atoms with Gasteiger partial charge in [0.2, 0.25) is 0 Å². The van der Waals surface area contributed by atoms with Gasteiger partial charge in [-0.15, -0.1) is 0 Å². The minimum Gasteiger partial charge on any atom is -0.441 e. The van der Waals surface area contributed by atoms with Crippen LogP contribution in [-0.2, 0) is 0 Å². The second-order valence-corrected chi connectivity index (χ2v) is 8.48. The number of hydrogen-bond donors (Lipinski definition) is 2. The molecule has 0 spiro atoms. The summed E-state index contributed by atoms with van der Waals surface area (Å²) < 4.78 is 38.5. The summed E-state index contributed by atoms with van der Waals surface area (Å²) in [5.74, 6) is 0.653. The molecule has 2 aliphatic heterocycles. The molecule has 0 radical (unpaired) electrons. The van der Waals surface area contributed by atoms with Crippen molar-refractivity contribution in [3.8, 4) is 0 Å². The lowest BCUT2D eigenvalue weighted by Gasteiger charge is -2.29. The number of anilines is 2. The highest BCUT2D eigenvalue weighted by Gasteiger charge is 2.18. The minimum absolute atomic E-state index is 0.240. The Morgan fingerprint density at radius 3 is 1.44 bits per heavy atom. The number of aryl methyl sites for hydroxylation is 2. The van der Waals surface area contributed by atoms with Gasteiger partial charge >= 0.3 is 0 Å². The molecule has 4 heterocycles. The fourth-order valence-electron chi connectivity index (χ4n) is 4.40. The lowest BCUT2D eigenvalue weighted by Crippen LogP contribution is -2.43. The Hall–Kier alpha value is -3.24. The highest BCUT2D eigenvalue weighted by Crippen LogP contribution is 2.27. The Kier molecular flexibility index (Phi) is 6.34. The van der Waals surface area contributed by atoms with Crippen molar-refractivity contribution in [3.63, 3.8) is 0 Å². The number of oxazole rings is 2. The zero-order valence-corrected chi connectivity index (χ0v) is 19.3. The highest BCUT2D eigenvalue weighted by atomic mass is 19.1. The van der Waals surface area contributed by atoms with Crippen LogP contribution in [0.5, 0.6) is 0 Å². The van der Waals surface area contributed by atoms with Gasteiger partial charge in [0.1, 0.15) is 22.7 Å². The molecule has 6 rings (SSSR count). The van der Waals surface area contributed by atoms with Crippen molar-refractivity contribution < 1.29 is 17.6 Å². The molecule has 34 heavy (non-hydrogen) atoms. The van der Waals surface area contributed by atoms with Crippen molar-refractivity contribution in [2.24, 2.45) is 0 Å². The number of halogens is 2. The first kappa shape index (κ1) is 22.5. The first-order valence-electron chi connectivity index (χ1n) is 11.5. The van der Waals surface area contributed by atoms with E-state index in [4.69, 9.17) is 8.83 Å². The molecule has 0 atom stereocenters. The molecule has 2 aromatic carbocycles. The maximum absolute atomic E-state index is 14.0. The fourth-order valence-corrected chi connectivity index (χ4v) is 4.40. The van der Waals surface area contributed by atoms with Crippen LogP contribution in [0.3, 0.4) is 0 Å². The van der Waals surface area contributed by atoms with E-state index < -0.39 is 0 Å². The number of nitrogens with zero attached hydrogens (tertiary/aromatic N) is 4. The lowest BCUT2D eigenvalue weighted by atomic mass is 10.2. The van der Waals surface area contributed by atoms with Crippen LogP contribution >= 0.6 is 0 Å². The highest BCUT2D eigenvalue weighted by molar-refractivity contribution is 5.79. The molecule has 0 bridgehead atoms. The summed E-state index contributed by atoms with van der Waals surface area (Å²) in [6, 6.07) is 6.39. The van der Waals surface area contributed by atoms with E-state index in [2.05, 4.69) is 20.6 Å². The fraction of sp³-hybridized carbons (Fsp3) is 0.417. The summed E-state index contributed by atoms with van der Waals surface area (Å²) in [4.78, 5) is 12.5. The Bertz CT molecular complexity index is 1190. The molecule has 4 aromatic rings. The van der Waals surface area contributed by atoms with Gasteiger partial charge in [-0.1, -0.05) is 0 Å². The van der Waals surface area contributed by atoms with Gasteiger partial charge in [0.05, 0.1) is 11.4 Å². The summed E-state index contributed by atoms with van der Waals surface area (Å²) in [7, 11) is 0. The monoisotopic (exact) mass is 470 g/mol. The molecule has 2 fully saturated rings. The SMILES string of the molecule is Cc1nc2cc(N3CCNCC3)c(F)cc2o1.Cc1nc2cc(N3CCNCC3)c(F)cc2o1. The molecule has 2 N–H and O–H groups in total. The second kappa shape index (κ2) is 9.55. The summed E-state index contributed by atoms with van der Waals surface area (Å²) in [6.07, 6.45) is 0. The predicted octanol–water partition coefficient (Wildman–Crippen LogP) is 3.37. The Morgan fingerprint density at radius 1 is 0.676 bits per heavy atom. The molecule has 0 amide bonds. The van der Waals surface area contributed by atoms with Gasteiger partial charge in [0.25, 0.3) is 0 Å². The number of piperazine rings is 2. The molecule has 10 heteroatoms. The average molecular weight is 471 g/mol. The van der Waals surface area contributed by atoms with Crippen LogP contribution in [0, 0.1) is 25.5 Å². The topological polar surface area (TPSA) is 82.6 Å². The van der Waals surface area contributed by atoms with Gasteiger partial charge in [-0.3, -0.25) is 0 Å². The van der Waals surface area contributed by atoms with Gasteiger partial charge in [-0.25, -0.2) is 18.7 Å². The van der Waals surface area contributed by atoms with Gasteiger partial charge in [-0.2, -0.15) is 0 Å². The molecule has 0 aliphatic carbocycles. The third kappa shape index (κ3) is 4.69. The molecule has 2 aliphatic rings.